The molecular formula is C17H15N5O4. The Bertz CT molecular complexity index is 997. The topological polar surface area (TPSA) is 129 Å². The van der Waals surface area contributed by atoms with Crippen molar-refractivity contribution in [3.63, 3.8) is 0 Å². The summed E-state index contributed by atoms with van der Waals surface area (Å²) in [7, 11) is 0. The number of carbonyl (C=O) groups is 3. The monoisotopic (exact) mass is 353 g/mol. The Labute approximate surface area is 147 Å². The van der Waals surface area contributed by atoms with E-state index in [-0.39, 0.29) is 29.3 Å². The maximum atomic E-state index is 12.5. The SMILES string of the molecule is CCOC(=O)c1cn2cnc(C(N)=O)c2c(NC(=O)c2ccccc2)n1. The van der Waals surface area contributed by atoms with Gasteiger partial charge in [0, 0.05) is 11.8 Å². The molecule has 2 aromatic heterocycles. The van der Waals surface area contributed by atoms with Crippen LogP contribution in [0.4, 0.5) is 5.82 Å². The molecule has 0 unspecified atom stereocenters. The highest BCUT2D eigenvalue weighted by Gasteiger charge is 2.21. The minimum Gasteiger partial charge on any atom is -0.461 e. The Morgan fingerprint density at radius 2 is 1.96 bits per heavy atom. The first-order valence-electron chi connectivity index (χ1n) is 7.72. The molecule has 0 spiro atoms. The molecule has 1 aromatic carbocycles. The smallest absolute Gasteiger partial charge is 0.358 e. The lowest BCUT2D eigenvalue weighted by Gasteiger charge is -2.10. The van der Waals surface area contributed by atoms with Crippen molar-refractivity contribution in [1.82, 2.24) is 14.4 Å². The van der Waals surface area contributed by atoms with E-state index in [4.69, 9.17) is 10.5 Å². The van der Waals surface area contributed by atoms with Crippen molar-refractivity contribution in [2.45, 2.75) is 6.92 Å². The van der Waals surface area contributed by atoms with Gasteiger partial charge >= 0.3 is 5.97 Å². The Hall–Kier alpha value is -3.75. The number of amides is 2. The normalized spacial score (nSPS) is 10.5. The fraction of sp³-hybridized carbons (Fsp3) is 0.118. The van der Waals surface area contributed by atoms with Crippen molar-refractivity contribution in [1.29, 1.82) is 0 Å². The average molecular weight is 353 g/mol. The van der Waals surface area contributed by atoms with Crippen molar-refractivity contribution in [2.24, 2.45) is 5.73 Å². The molecule has 3 N–H and O–H groups in total. The number of hydrogen-bond acceptors (Lipinski definition) is 6. The molecule has 0 aliphatic carbocycles. The molecule has 9 heteroatoms. The van der Waals surface area contributed by atoms with Crippen molar-refractivity contribution < 1.29 is 19.1 Å². The maximum absolute atomic E-state index is 12.5. The number of primary amides is 1. The zero-order valence-corrected chi connectivity index (χ0v) is 13.8. The number of nitrogens with one attached hydrogen (secondary N) is 1. The lowest BCUT2D eigenvalue weighted by atomic mass is 10.2. The molecule has 0 bridgehead atoms. The third kappa shape index (κ3) is 3.22. The Morgan fingerprint density at radius 3 is 2.62 bits per heavy atom. The molecule has 26 heavy (non-hydrogen) atoms. The number of nitrogens with zero attached hydrogens (tertiary/aromatic N) is 3. The summed E-state index contributed by atoms with van der Waals surface area (Å²) >= 11 is 0. The molecule has 132 valence electrons. The molecule has 0 aliphatic heterocycles. The average Bonchev–Trinajstić information content (AvgIpc) is 3.07. The summed E-state index contributed by atoms with van der Waals surface area (Å²) in [6.07, 6.45) is 2.66. The van der Waals surface area contributed by atoms with Crippen LogP contribution >= 0.6 is 0 Å². The van der Waals surface area contributed by atoms with Crippen molar-refractivity contribution in [3.8, 4) is 0 Å². The van der Waals surface area contributed by atoms with Crippen LogP contribution in [0.5, 0.6) is 0 Å². The summed E-state index contributed by atoms with van der Waals surface area (Å²) in [5.41, 5.74) is 5.79. The Kier molecular flexibility index (Phi) is 4.61. The standard InChI is InChI=1S/C17H15N5O4/c1-2-26-17(25)11-8-22-9-19-12(14(18)23)13(22)15(20-11)21-16(24)10-6-4-3-5-7-10/h3-9H,2H2,1H3,(H2,18,23)(H,20,21,24). The minimum absolute atomic E-state index is 0.0179. The number of ether oxygens (including phenoxy) is 1. The highest BCUT2D eigenvalue weighted by Crippen LogP contribution is 2.20. The van der Waals surface area contributed by atoms with Gasteiger partial charge in [0.25, 0.3) is 11.8 Å². The molecule has 3 aromatic rings. The van der Waals surface area contributed by atoms with E-state index in [9.17, 15) is 14.4 Å². The quantitative estimate of drug-likeness (QED) is 0.664. The van der Waals surface area contributed by atoms with Gasteiger partial charge in [0.05, 0.1) is 6.61 Å². The lowest BCUT2D eigenvalue weighted by Crippen LogP contribution is -2.18. The Morgan fingerprint density at radius 1 is 1.23 bits per heavy atom. The van der Waals surface area contributed by atoms with E-state index in [2.05, 4.69) is 15.3 Å². The van der Waals surface area contributed by atoms with Gasteiger partial charge in [-0.2, -0.15) is 0 Å². The molecule has 0 saturated heterocycles. The highest BCUT2D eigenvalue weighted by atomic mass is 16.5. The number of fused-ring (bicyclic) bond motifs is 1. The second-order valence-electron chi connectivity index (χ2n) is 5.23. The molecule has 0 fully saturated rings. The van der Waals surface area contributed by atoms with Gasteiger partial charge in [-0.3, -0.25) is 14.0 Å². The van der Waals surface area contributed by atoms with Gasteiger partial charge < -0.3 is 15.8 Å². The molecule has 3 rings (SSSR count). The van der Waals surface area contributed by atoms with Crippen LogP contribution in [0.25, 0.3) is 5.52 Å². The van der Waals surface area contributed by atoms with Gasteiger partial charge in [0.1, 0.15) is 11.8 Å². The van der Waals surface area contributed by atoms with E-state index >= 15 is 0 Å². The summed E-state index contributed by atoms with van der Waals surface area (Å²) < 4.78 is 6.33. The van der Waals surface area contributed by atoms with Gasteiger partial charge in [-0.15, -0.1) is 0 Å². The van der Waals surface area contributed by atoms with E-state index in [0.29, 0.717) is 5.56 Å². The second kappa shape index (κ2) is 7.01. The summed E-state index contributed by atoms with van der Waals surface area (Å²) in [4.78, 5) is 44.1. The zero-order chi connectivity index (χ0) is 18.7. The molecule has 0 aliphatic rings. The van der Waals surface area contributed by atoms with Crippen molar-refractivity contribution in [2.75, 3.05) is 11.9 Å². The highest BCUT2D eigenvalue weighted by molar-refractivity contribution is 6.08. The number of aromatic nitrogens is 3. The first-order valence-corrected chi connectivity index (χ1v) is 7.72. The lowest BCUT2D eigenvalue weighted by molar-refractivity contribution is 0.0518. The van der Waals surface area contributed by atoms with Crippen LogP contribution in [0.1, 0.15) is 38.3 Å². The molecule has 0 radical (unpaired) electrons. The molecule has 2 amide bonds. The molecule has 0 saturated carbocycles. The summed E-state index contributed by atoms with van der Waals surface area (Å²) in [5, 5.41) is 2.59. The zero-order valence-electron chi connectivity index (χ0n) is 13.8. The van der Waals surface area contributed by atoms with Crippen LogP contribution in [0.2, 0.25) is 0 Å². The van der Waals surface area contributed by atoms with Gasteiger partial charge in [-0.25, -0.2) is 14.8 Å². The number of carbonyl (C=O) groups excluding carboxylic acids is 3. The molecular weight excluding hydrogens is 338 g/mol. The van der Waals surface area contributed by atoms with Gasteiger partial charge in [-0.1, -0.05) is 18.2 Å². The van der Waals surface area contributed by atoms with E-state index in [1.807, 2.05) is 0 Å². The number of imidazole rings is 1. The minimum atomic E-state index is -0.784. The summed E-state index contributed by atoms with van der Waals surface area (Å²) in [6.45, 7) is 1.83. The van der Waals surface area contributed by atoms with Gasteiger partial charge in [0.15, 0.2) is 17.2 Å². The fourth-order valence-electron chi connectivity index (χ4n) is 2.37. The first-order chi connectivity index (χ1) is 12.5. The number of hydrogen-bond donors (Lipinski definition) is 2. The predicted octanol–water partition coefficient (Wildman–Crippen LogP) is 1.26. The second-order valence-corrected chi connectivity index (χ2v) is 5.23. The Balaban J connectivity index is 2.10. The maximum Gasteiger partial charge on any atom is 0.358 e. The van der Waals surface area contributed by atoms with Crippen LogP contribution in [-0.2, 0) is 4.74 Å². The van der Waals surface area contributed by atoms with Crippen LogP contribution in [0.3, 0.4) is 0 Å². The van der Waals surface area contributed by atoms with E-state index in [1.165, 1.54) is 16.9 Å². The number of nitrogens with two attached hydrogens (primary N) is 1. The van der Waals surface area contributed by atoms with Crippen LogP contribution in [-0.4, -0.2) is 38.8 Å². The van der Waals surface area contributed by atoms with Crippen molar-refractivity contribution >= 4 is 29.1 Å². The van der Waals surface area contributed by atoms with Crippen LogP contribution in [0.15, 0.2) is 42.9 Å². The molecule has 0 atom stereocenters. The fourth-order valence-corrected chi connectivity index (χ4v) is 2.37. The third-order valence-electron chi connectivity index (χ3n) is 3.50. The van der Waals surface area contributed by atoms with Crippen molar-refractivity contribution in [3.05, 3.63) is 59.8 Å². The van der Waals surface area contributed by atoms with Crippen LogP contribution in [0, 0.1) is 0 Å². The summed E-state index contributed by atoms with van der Waals surface area (Å²) in [6, 6.07) is 8.43. The van der Waals surface area contributed by atoms with Gasteiger partial charge in [-0.05, 0) is 19.1 Å². The number of esters is 1. The number of rotatable bonds is 5. The number of benzene rings is 1. The largest absolute Gasteiger partial charge is 0.461 e. The number of anilines is 1. The third-order valence-corrected chi connectivity index (χ3v) is 3.50. The van der Waals surface area contributed by atoms with Gasteiger partial charge in [0.2, 0.25) is 0 Å². The van der Waals surface area contributed by atoms with E-state index in [1.54, 1.807) is 37.3 Å². The first kappa shape index (κ1) is 17.1. The summed E-state index contributed by atoms with van der Waals surface area (Å²) in [5.74, 6) is -1.93. The predicted molar refractivity (Wildman–Crippen MR) is 91.9 cm³/mol. The molecule has 2 heterocycles. The van der Waals surface area contributed by atoms with E-state index < -0.39 is 17.8 Å². The van der Waals surface area contributed by atoms with Crippen LogP contribution < -0.4 is 11.1 Å². The van der Waals surface area contributed by atoms with E-state index in [0.717, 1.165) is 0 Å². The molecule has 9 nitrogen and oxygen atoms in total.